The number of nitrogens with one attached hydrogen (secondary N) is 1. The van der Waals surface area contributed by atoms with Crippen LogP contribution >= 0.6 is 12.4 Å². The van der Waals surface area contributed by atoms with Crippen molar-refractivity contribution in [3.63, 3.8) is 0 Å². The molecule has 122 valence electrons. The van der Waals surface area contributed by atoms with Gasteiger partial charge in [-0.05, 0) is 68.5 Å². The van der Waals surface area contributed by atoms with Crippen molar-refractivity contribution in [3.05, 3.63) is 29.8 Å². The van der Waals surface area contributed by atoms with Crippen LogP contribution in [0.5, 0.6) is 5.75 Å². The molecule has 1 spiro atoms. The highest BCUT2D eigenvalue weighted by Gasteiger charge is 2.36. The molecule has 2 fully saturated rings. The van der Waals surface area contributed by atoms with Crippen molar-refractivity contribution in [1.82, 2.24) is 10.2 Å². The second-order valence-electron chi connectivity index (χ2n) is 6.27. The summed E-state index contributed by atoms with van der Waals surface area (Å²) in [6.45, 7) is 4.05. The lowest BCUT2D eigenvalue weighted by Gasteiger charge is -2.44. The molecule has 4 nitrogen and oxygen atoms in total. The van der Waals surface area contributed by atoms with Gasteiger partial charge in [-0.1, -0.05) is 0 Å². The first-order chi connectivity index (χ1) is 10.2. The third-order valence-electron chi connectivity index (χ3n) is 5.11. The van der Waals surface area contributed by atoms with Gasteiger partial charge in [0.15, 0.2) is 0 Å². The summed E-state index contributed by atoms with van der Waals surface area (Å²) in [4.78, 5) is 14.6. The number of carbonyl (C=O) groups excluding carboxylic acids is 1. The molecule has 0 radical (unpaired) electrons. The number of hydrogen-bond donors (Lipinski definition) is 1. The third-order valence-corrected chi connectivity index (χ3v) is 5.11. The summed E-state index contributed by atoms with van der Waals surface area (Å²) >= 11 is 0. The van der Waals surface area contributed by atoms with Crippen LogP contribution in [0.2, 0.25) is 0 Å². The van der Waals surface area contributed by atoms with Gasteiger partial charge in [0.25, 0.3) is 5.91 Å². The van der Waals surface area contributed by atoms with Crippen LogP contribution in [-0.4, -0.2) is 44.1 Å². The summed E-state index contributed by atoms with van der Waals surface area (Å²) in [6, 6.07) is 7.42. The molecule has 0 aromatic heterocycles. The Morgan fingerprint density at radius 1 is 1.09 bits per heavy atom. The molecule has 1 aromatic rings. The van der Waals surface area contributed by atoms with E-state index in [2.05, 4.69) is 5.32 Å². The molecule has 0 aliphatic carbocycles. The highest BCUT2D eigenvalue weighted by Crippen LogP contribution is 2.39. The zero-order chi connectivity index (χ0) is 14.7. The fourth-order valence-electron chi connectivity index (χ4n) is 3.56. The number of piperidine rings is 2. The topological polar surface area (TPSA) is 41.6 Å². The quantitative estimate of drug-likeness (QED) is 0.909. The van der Waals surface area contributed by atoms with Gasteiger partial charge < -0.3 is 15.0 Å². The van der Waals surface area contributed by atoms with Crippen molar-refractivity contribution in [2.75, 3.05) is 33.3 Å². The maximum Gasteiger partial charge on any atom is 0.253 e. The summed E-state index contributed by atoms with van der Waals surface area (Å²) < 4.78 is 5.14. The lowest BCUT2D eigenvalue weighted by atomic mass is 9.71. The molecule has 3 rings (SSSR count). The van der Waals surface area contributed by atoms with Gasteiger partial charge in [-0.2, -0.15) is 0 Å². The van der Waals surface area contributed by atoms with E-state index < -0.39 is 0 Å². The molecule has 0 saturated carbocycles. The van der Waals surface area contributed by atoms with E-state index in [1.807, 2.05) is 29.2 Å². The van der Waals surface area contributed by atoms with E-state index in [0.717, 1.165) is 50.3 Å². The Bertz CT molecular complexity index is 488. The summed E-state index contributed by atoms with van der Waals surface area (Å²) in [7, 11) is 1.64. The molecule has 1 amide bonds. The maximum absolute atomic E-state index is 12.5. The lowest BCUT2D eigenvalue weighted by molar-refractivity contribution is 0.0495. The van der Waals surface area contributed by atoms with E-state index in [9.17, 15) is 4.79 Å². The van der Waals surface area contributed by atoms with Crippen LogP contribution in [0, 0.1) is 5.41 Å². The van der Waals surface area contributed by atoms with Crippen molar-refractivity contribution in [2.24, 2.45) is 5.41 Å². The SMILES string of the molecule is COc1ccc(C(=O)N2CCC3(CCNCC3)CC2)cc1.Cl. The number of likely N-dealkylation sites (tertiary alicyclic amines) is 1. The molecule has 0 atom stereocenters. The van der Waals surface area contributed by atoms with Crippen molar-refractivity contribution >= 4 is 18.3 Å². The molecule has 22 heavy (non-hydrogen) atoms. The van der Waals surface area contributed by atoms with E-state index in [1.54, 1.807) is 7.11 Å². The predicted molar refractivity (Wildman–Crippen MR) is 89.9 cm³/mol. The van der Waals surface area contributed by atoms with Gasteiger partial charge in [-0.3, -0.25) is 4.79 Å². The van der Waals surface area contributed by atoms with Crippen molar-refractivity contribution in [1.29, 1.82) is 0 Å². The van der Waals surface area contributed by atoms with Gasteiger partial charge >= 0.3 is 0 Å². The van der Waals surface area contributed by atoms with E-state index in [0.29, 0.717) is 5.41 Å². The third kappa shape index (κ3) is 3.55. The van der Waals surface area contributed by atoms with E-state index >= 15 is 0 Å². The number of amides is 1. The molecular weight excluding hydrogens is 300 g/mol. The molecule has 0 unspecified atom stereocenters. The first kappa shape index (κ1) is 17.1. The Labute approximate surface area is 138 Å². The zero-order valence-electron chi connectivity index (χ0n) is 13.1. The van der Waals surface area contributed by atoms with E-state index in [1.165, 1.54) is 12.8 Å². The largest absolute Gasteiger partial charge is 0.497 e. The second kappa shape index (κ2) is 7.34. The van der Waals surface area contributed by atoms with Crippen LogP contribution < -0.4 is 10.1 Å². The molecule has 1 N–H and O–H groups in total. The Balaban J connectivity index is 0.00000176. The molecule has 1 aromatic carbocycles. The molecule has 5 heteroatoms. The first-order valence-corrected chi connectivity index (χ1v) is 7.87. The van der Waals surface area contributed by atoms with Gasteiger partial charge in [-0.15, -0.1) is 12.4 Å². The van der Waals surface area contributed by atoms with Crippen molar-refractivity contribution in [2.45, 2.75) is 25.7 Å². The summed E-state index contributed by atoms with van der Waals surface area (Å²) in [5.41, 5.74) is 1.25. The number of ether oxygens (including phenoxy) is 1. The minimum Gasteiger partial charge on any atom is -0.497 e. The fourth-order valence-corrected chi connectivity index (χ4v) is 3.56. The predicted octanol–water partition coefficient (Wildman–Crippen LogP) is 2.72. The number of benzene rings is 1. The monoisotopic (exact) mass is 324 g/mol. The van der Waals surface area contributed by atoms with Crippen molar-refractivity contribution in [3.8, 4) is 5.75 Å². The summed E-state index contributed by atoms with van der Waals surface area (Å²) in [6.07, 6.45) is 4.82. The smallest absolute Gasteiger partial charge is 0.253 e. The number of methoxy groups -OCH3 is 1. The zero-order valence-corrected chi connectivity index (χ0v) is 14.0. The molecule has 2 saturated heterocycles. The van der Waals surface area contributed by atoms with Crippen LogP contribution in [0.25, 0.3) is 0 Å². The number of halogens is 1. The number of rotatable bonds is 2. The number of carbonyl (C=O) groups is 1. The standard InChI is InChI=1S/C17H24N2O2.ClH/c1-21-15-4-2-14(3-5-15)16(20)19-12-8-17(9-13-19)6-10-18-11-7-17;/h2-5,18H,6-13H2,1H3;1H. The number of hydrogen-bond acceptors (Lipinski definition) is 3. The van der Waals surface area contributed by atoms with Crippen LogP contribution in [0.3, 0.4) is 0 Å². The van der Waals surface area contributed by atoms with Crippen LogP contribution in [0.1, 0.15) is 36.0 Å². The maximum atomic E-state index is 12.5. The summed E-state index contributed by atoms with van der Waals surface area (Å²) in [5.74, 6) is 0.945. The Morgan fingerprint density at radius 3 is 2.23 bits per heavy atom. The average Bonchev–Trinajstić information content (AvgIpc) is 2.56. The van der Waals surface area contributed by atoms with Gasteiger partial charge in [0.1, 0.15) is 5.75 Å². The van der Waals surface area contributed by atoms with Gasteiger partial charge in [-0.25, -0.2) is 0 Å². The van der Waals surface area contributed by atoms with Crippen molar-refractivity contribution < 1.29 is 9.53 Å². The van der Waals surface area contributed by atoms with E-state index in [4.69, 9.17) is 4.74 Å². The molecule has 2 aliphatic heterocycles. The molecule has 2 heterocycles. The van der Waals surface area contributed by atoms with Gasteiger partial charge in [0, 0.05) is 18.7 Å². The normalized spacial score (nSPS) is 20.3. The first-order valence-electron chi connectivity index (χ1n) is 7.87. The minimum absolute atomic E-state index is 0. The van der Waals surface area contributed by atoms with Gasteiger partial charge in [0.05, 0.1) is 7.11 Å². The Morgan fingerprint density at radius 2 is 1.68 bits per heavy atom. The molecule has 2 aliphatic rings. The fraction of sp³-hybridized carbons (Fsp3) is 0.588. The van der Waals surface area contributed by atoms with Crippen LogP contribution in [0.4, 0.5) is 0 Å². The lowest BCUT2D eigenvalue weighted by Crippen LogP contribution is -2.47. The molecular formula is C17H25ClN2O2. The summed E-state index contributed by atoms with van der Waals surface area (Å²) in [5, 5.41) is 3.43. The van der Waals surface area contributed by atoms with E-state index in [-0.39, 0.29) is 18.3 Å². The minimum atomic E-state index is 0. The Hall–Kier alpha value is -1.26. The van der Waals surface area contributed by atoms with Crippen LogP contribution in [0.15, 0.2) is 24.3 Å². The van der Waals surface area contributed by atoms with Crippen LogP contribution in [-0.2, 0) is 0 Å². The highest BCUT2D eigenvalue weighted by atomic mass is 35.5. The number of nitrogens with zero attached hydrogens (tertiary/aromatic N) is 1. The Kier molecular flexibility index (Phi) is 5.70. The molecule has 0 bridgehead atoms. The average molecular weight is 325 g/mol. The van der Waals surface area contributed by atoms with Gasteiger partial charge in [0.2, 0.25) is 0 Å². The highest BCUT2D eigenvalue weighted by molar-refractivity contribution is 5.94. The second-order valence-corrected chi connectivity index (χ2v) is 6.27.